The number of carbonyl (C=O) groups excluding carboxylic acids is 1. The van der Waals surface area contributed by atoms with Crippen LogP contribution < -0.4 is 9.47 Å². The molecule has 9 heteroatoms. The summed E-state index contributed by atoms with van der Waals surface area (Å²) in [5, 5.41) is 0.953. The normalized spacial score (nSPS) is 14.3. The molecule has 1 aliphatic heterocycles. The Morgan fingerprint density at radius 3 is 2.61 bits per heavy atom. The zero-order chi connectivity index (χ0) is 23.5. The fourth-order valence-electron chi connectivity index (χ4n) is 3.00. The molecule has 1 aliphatic rings. The molecule has 5 nitrogen and oxygen atoms in total. The second-order valence-corrected chi connectivity index (χ2v) is 9.74. The first kappa shape index (κ1) is 24.1. The van der Waals surface area contributed by atoms with E-state index in [9.17, 15) is 4.79 Å². The lowest BCUT2D eigenvalue weighted by molar-refractivity contribution is -0.129. The molecule has 3 aromatic carbocycles. The lowest BCUT2D eigenvalue weighted by atomic mass is 10.1. The van der Waals surface area contributed by atoms with Crippen LogP contribution in [0.4, 0.5) is 0 Å². The van der Waals surface area contributed by atoms with E-state index in [0.717, 1.165) is 19.2 Å². The number of carbonyl (C=O) groups is 1. The van der Waals surface area contributed by atoms with Crippen LogP contribution in [0.2, 0.25) is 10.0 Å². The van der Waals surface area contributed by atoms with Crippen molar-refractivity contribution in [2.24, 2.45) is 4.99 Å². The van der Waals surface area contributed by atoms with Gasteiger partial charge in [0.25, 0.3) is 0 Å². The van der Waals surface area contributed by atoms with E-state index in [2.05, 4.69) is 43.5 Å². The number of aliphatic imine (C=N–C) groups is 1. The van der Waals surface area contributed by atoms with Gasteiger partial charge in [-0.15, -0.1) is 0 Å². The summed E-state index contributed by atoms with van der Waals surface area (Å²) in [6, 6.07) is 16.3. The molecule has 33 heavy (non-hydrogen) atoms. The molecule has 0 bridgehead atoms. The Morgan fingerprint density at radius 1 is 1.06 bits per heavy atom. The van der Waals surface area contributed by atoms with Gasteiger partial charge in [-0.3, -0.25) is 0 Å². The SMILES string of the molecule is COc1cc(/C=C2\N=C(c3ccc(I)c(Br)c3)OC2=O)ccc1OCc1ccc(Cl)c(Cl)c1. The largest absolute Gasteiger partial charge is 0.493 e. The smallest absolute Gasteiger partial charge is 0.363 e. The van der Waals surface area contributed by atoms with Crippen molar-refractivity contribution in [2.45, 2.75) is 6.61 Å². The van der Waals surface area contributed by atoms with Crippen molar-refractivity contribution < 1.29 is 19.0 Å². The van der Waals surface area contributed by atoms with Gasteiger partial charge in [0.2, 0.25) is 5.90 Å². The highest BCUT2D eigenvalue weighted by Crippen LogP contribution is 2.31. The molecule has 0 saturated carbocycles. The van der Waals surface area contributed by atoms with Crippen LogP contribution in [-0.2, 0) is 16.1 Å². The maximum absolute atomic E-state index is 12.4. The first-order chi connectivity index (χ1) is 15.8. The van der Waals surface area contributed by atoms with E-state index in [1.54, 1.807) is 37.5 Å². The van der Waals surface area contributed by atoms with Gasteiger partial charge in [0, 0.05) is 13.6 Å². The summed E-state index contributed by atoms with van der Waals surface area (Å²) in [6.45, 7) is 0.291. The first-order valence-electron chi connectivity index (χ1n) is 9.57. The van der Waals surface area contributed by atoms with E-state index in [4.69, 9.17) is 37.4 Å². The van der Waals surface area contributed by atoms with E-state index < -0.39 is 5.97 Å². The number of esters is 1. The van der Waals surface area contributed by atoms with Crippen molar-refractivity contribution in [3.63, 3.8) is 0 Å². The Morgan fingerprint density at radius 2 is 1.88 bits per heavy atom. The average Bonchev–Trinajstić information content (AvgIpc) is 3.17. The molecule has 0 fully saturated rings. The van der Waals surface area contributed by atoms with Crippen LogP contribution in [0.1, 0.15) is 16.7 Å². The molecule has 4 rings (SSSR count). The number of benzene rings is 3. The molecule has 1 heterocycles. The lowest BCUT2D eigenvalue weighted by Crippen LogP contribution is -2.05. The third-order valence-electron chi connectivity index (χ3n) is 4.66. The number of hydrogen-bond donors (Lipinski definition) is 0. The molecule has 3 aromatic rings. The van der Waals surface area contributed by atoms with Crippen LogP contribution in [0, 0.1) is 3.57 Å². The van der Waals surface area contributed by atoms with E-state index in [1.807, 2.05) is 30.3 Å². The van der Waals surface area contributed by atoms with Crippen LogP contribution in [-0.4, -0.2) is 19.0 Å². The summed E-state index contributed by atoms with van der Waals surface area (Å²) in [5.41, 5.74) is 2.50. The summed E-state index contributed by atoms with van der Waals surface area (Å²) < 4.78 is 18.6. The molecule has 0 unspecified atom stereocenters. The van der Waals surface area contributed by atoms with Crippen molar-refractivity contribution in [1.29, 1.82) is 0 Å². The van der Waals surface area contributed by atoms with E-state index in [1.165, 1.54) is 0 Å². The van der Waals surface area contributed by atoms with Crippen LogP contribution in [0.25, 0.3) is 6.08 Å². The molecule has 0 amide bonds. The molecule has 0 saturated heterocycles. The first-order valence-corrected chi connectivity index (χ1v) is 12.2. The van der Waals surface area contributed by atoms with Crippen LogP contribution in [0.3, 0.4) is 0 Å². The summed E-state index contributed by atoms with van der Waals surface area (Å²) in [7, 11) is 1.55. The summed E-state index contributed by atoms with van der Waals surface area (Å²) in [4.78, 5) is 16.7. The number of halogens is 4. The second kappa shape index (κ2) is 10.5. The zero-order valence-electron chi connectivity index (χ0n) is 17.1. The van der Waals surface area contributed by atoms with E-state index >= 15 is 0 Å². The average molecular weight is 659 g/mol. The zero-order valence-corrected chi connectivity index (χ0v) is 22.3. The maximum atomic E-state index is 12.4. The Bertz CT molecular complexity index is 1310. The third kappa shape index (κ3) is 5.71. The minimum Gasteiger partial charge on any atom is -0.493 e. The Hall–Kier alpha value is -2.07. The standard InChI is InChI=1S/C24H15BrCl2INO4/c1-31-22-10-13(3-7-21(22)32-12-14-2-5-17(26)18(27)8-14)9-20-24(30)33-23(29-20)15-4-6-19(28)16(25)11-15/h2-11H,12H2,1H3/b20-9-. The van der Waals surface area contributed by atoms with Gasteiger partial charge in [-0.1, -0.05) is 35.3 Å². The molecule has 0 spiro atoms. The van der Waals surface area contributed by atoms with Crippen LogP contribution >= 0.6 is 61.7 Å². The highest BCUT2D eigenvalue weighted by Gasteiger charge is 2.24. The van der Waals surface area contributed by atoms with Crippen molar-refractivity contribution in [2.75, 3.05) is 7.11 Å². The quantitative estimate of drug-likeness (QED) is 0.159. The number of ether oxygens (including phenoxy) is 3. The highest BCUT2D eigenvalue weighted by molar-refractivity contribution is 14.1. The molecule has 0 aromatic heterocycles. The Balaban J connectivity index is 1.54. The topological polar surface area (TPSA) is 57.1 Å². The van der Waals surface area contributed by atoms with Crippen molar-refractivity contribution in [1.82, 2.24) is 0 Å². The molecule has 0 N–H and O–H groups in total. The third-order valence-corrected chi connectivity index (χ3v) is 7.73. The Kier molecular flexibility index (Phi) is 7.63. The predicted octanol–water partition coefficient (Wildman–Crippen LogP) is 7.29. The fraction of sp³-hybridized carbons (Fsp3) is 0.0833. The lowest BCUT2D eigenvalue weighted by Gasteiger charge is -2.12. The molecule has 168 valence electrons. The molecular weight excluding hydrogens is 644 g/mol. The molecule has 0 aliphatic carbocycles. The maximum Gasteiger partial charge on any atom is 0.363 e. The number of nitrogens with zero attached hydrogens (tertiary/aromatic N) is 1. The minimum absolute atomic E-state index is 0.200. The predicted molar refractivity (Wildman–Crippen MR) is 141 cm³/mol. The highest BCUT2D eigenvalue weighted by atomic mass is 127. The minimum atomic E-state index is -0.515. The van der Waals surface area contributed by atoms with Gasteiger partial charge < -0.3 is 14.2 Å². The Labute approximate surface area is 222 Å². The number of cyclic esters (lactones) is 1. The van der Waals surface area contributed by atoms with Crippen molar-refractivity contribution in [3.05, 3.63) is 95.1 Å². The van der Waals surface area contributed by atoms with Gasteiger partial charge in [0.05, 0.1) is 17.2 Å². The second-order valence-electron chi connectivity index (χ2n) is 6.91. The van der Waals surface area contributed by atoms with Crippen molar-refractivity contribution >= 4 is 79.7 Å². The monoisotopic (exact) mass is 657 g/mol. The van der Waals surface area contributed by atoms with Gasteiger partial charge in [-0.05, 0) is 98.2 Å². The van der Waals surface area contributed by atoms with Gasteiger partial charge in [-0.2, -0.15) is 0 Å². The fourth-order valence-corrected chi connectivity index (χ4v) is 4.04. The van der Waals surface area contributed by atoms with Gasteiger partial charge in [-0.25, -0.2) is 9.79 Å². The van der Waals surface area contributed by atoms with Crippen LogP contribution in [0.5, 0.6) is 11.5 Å². The molecule has 0 atom stereocenters. The summed E-state index contributed by atoms with van der Waals surface area (Å²) in [6.07, 6.45) is 1.64. The van der Waals surface area contributed by atoms with Crippen molar-refractivity contribution in [3.8, 4) is 11.5 Å². The summed E-state index contributed by atoms with van der Waals surface area (Å²) >= 11 is 17.7. The van der Waals surface area contributed by atoms with Gasteiger partial charge >= 0.3 is 5.97 Å². The van der Waals surface area contributed by atoms with E-state index in [-0.39, 0.29) is 11.6 Å². The van der Waals surface area contributed by atoms with Crippen LogP contribution in [0.15, 0.2) is 69.8 Å². The number of methoxy groups -OCH3 is 1. The summed E-state index contributed by atoms with van der Waals surface area (Å²) in [5.74, 6) is 0.810. The number of rotatable bonds is 6. The van der Waals surface area contributed by atoms with Gasteiger partial charge in [0.1, 0.15) is 6.61 Å². The van der Waals surface area contributed by atoms with Gasteiger partial charge in [0.15, 0.2) is 17.2 Å². The number of hydrogen-bond acceptors (Lipinski definition) is 5. The molecule has 0 radical (unpaired) electrons. The molecular formula is C24H15BrCl2INO4. The van der Waals surface area contributed by atoms with E-state index in [0.29, 0.717) is 33.7 Å².